The van der Waals surface area contributed by atoms with Crippen LogP contribution in [0.25, 0.3) is 11.1 Å². The summed E-state index contributed by atoms with van der Waals surface area (Å²) in [5.41, 5.74) is 5.08. The maximum absolute atomic E-state index is 14.3. The van der Waals surface area contributed by atoms with Gasteiger partial charge in [-0.1, -0.05) is 12.1 Å². The van der Waals surface area contributed by atoms with Gasteiger partial charge in [-0.3, -0.25) is 14.6 Å². The third-order valence-electron chi connectivity index (χ3n) is 6.63. The molecule has 2 aliphatic heterocycles. The lowest BCUT2D eigenvalue weighted by Gasteiger charge is -2.34. The second-order valence-corrected chi connectivity index (χ2v) is 9.13. The first-order valence-electron chi connectivity index (χ1n) is 12.0. The number of nitrogens with one attached hydrogen (secondary N) is 3. The Morgan fingerprint density at radius 2 is 2.03 bits per heavy atom. The number of aromatic nitrogens is 1. The summed E-state index contributed by atoms with van der Waals surface area (Å²) in [5, 5.41) is 8.89. The van der Waals surface area contributed by atoms with Crippen LogP contribution in [0.3, 0.4) is 0 Å². The molecular weight excluding hydrogens is 464 g/mol. The Hall–Kier alpha value is -4.01. The van der Waals surface area contributed by atoms with Crippen LogP contribution >= 0.6 is 0 Å². The van der Waals surface area contributed by atoms with Crippen molar-refractivity contribution in [2.24, 2.45) is 0 Å². The summed E-state index contributed by atoms with van der Waals surface area (Å²) >= 11 is 0. The van der Waals surface area contributed by atoms with Gasteiger partial charge in [0.15, 0.2) is 0 Å². The first kappa shape index (κ1) is 23.7. The molecule has 2 aliphatic rings. The zero-order chi connectivity index (χ0) is 25.4. The number of carbonyl (C=O) groups excluding carboxylic acids is 2. The highest BCUT2D eigenvalue weighted by Gasteiger charge is 2.28. The van der Waals surface area contributed by atoms with E-state index < -0.39 is 6.43 Å². The van der Waals surface area contributed by atoms with Crippen LogP contribution in [0.4, 0.5) is 31.5 Å². The molecule has 7 nitrogen and oxygen atoms in total. The molecule has 186 valence electrons. The van der Waals surface area contributed by atoms with Crippen molar-refractivity contribution in [1.29, 1.82) is 0 Å². The zero-order valence-corrected chi connectivity index (χ0v) is 20.1. The van der Waals surface area contributed by atoms with E-state index in [1.807, 2.05) is 31.2 Å². The maximum atomic E-state index is 14.3. The van der Waals surface area contributed by atoms with Crippen LogP contribution in [0.5, 0.6) is 0 Å². The number of halogens is 2. The number of para-hydroxylation sites is 1. The van der Waals surface area contributed by atoms with Gasteiger partial charge >= 0.3 is 0 Å². The molecule has 3 N–H and O–H groups in total. The van der Waals surface area contributed by atoms with E-state index in [1.54, 1.807) is 12.1 Å². The fraction of sp³-hybridized carbons (Fsp3) is 0.296. The van der Waals surface area contributed by atoms with E-state index in [9.17, 15) is 18.4 Å². The van der Waals surface area contributed by atoms with E-state index in [1.165, 1.54) is 19.3 Å². The number of alkyl halides is 2. The van der Waals surface area contributed by atoms with Gasteiger partial charge in [-0.25, -0.2) is 8.78 Å². The molecule has 0 bridgehead atoms. The van der Waals surface area contributed by atoms with Crippen LogP contribution in [0.15, 0.2) is 48.7 Å². The number of aryl methyl sites for hydroxylation is 1. The van der Waals surface area contributed by atoms with Crippen LogP contribution in [0, 0.1) is 0 Å². The standard InChI is InChI=1S/C27H27F2N5O2/c1-15-11-24(35)33-20-6-3-7-22(25(20)32-15)34-10-4-5-16-12-18(19(26(28)29)13-23(16)34)17-8-9-21(31-14-17)27(36)30-2/h3,6-9,12-15,26,32H,4-5,10-11H2,1-2H3,(H,30,36)(H,33,35)/t15-/m1/s1. The first-order chi connectivity index (χ1) is 17.4. The Balaban J connectivity index is 1.60. The average Bonchev–Trinajstić information content (AvgIpc) is 3.03. The van der Waals surface area contributed by atoms with Crippen molar-refractivity contribution >= 4 is 34.6 Å². The van der Waals surface area contributed by atoms with Crippen molar-refractivity contribution in [3.05, 3.63) is 65.5 Å². The molecule has 3 heterocycles. The normalized spacial score (nSPS) is 17.0. The van der Waals surface area contributed by atoms with Crippen LogP contribution in [0.2, 0.25) is 0 Å². The smallest absolute Gasteiger partial charge is 0.269 e. The van der Waals surface area contributed by atoms with Crippen LogP contribution in [0.1, 0.15) is 47.8 Å². The summed E-state index contributed by atoms with van der Waals surface area (Å²) in [7, 11) is 1.51. The van der Waals surface area contributed by atoms with Gasteiger partial charge in [0, 0.05) is 49.1 Å². The highest BCUT2D eigenvalue weighted by Crippen LogP contribution is 2.45. The largest absolute Gasteiger partial charge is 0.379 e. The molecule has 2 amide bonds. The fourth-order valence-electron chi connectivity index (χ4n) is 4.94. The maximum Gasteiger partial charge on any atom is 0.269 e. The van der Waals surface area contributed by atoms with Crippen molar-refractivity contribution in [2.75, 3.05) is 29.1 Å². The highest BCUT2D eigenvalue weighted by atomic mass is 19.3. The summed E-state index contributed by atoms with van der Waals surface area (Å²) in [6.45, 7) is 2.61. The fourth-order valence-corrected chi connectivity index (χ4v) is 4.94. The molecule has 2 aromatic carbocycles. The third kappa shape index (κ3) is 4.36. The van der Waals surface area contributed by atoms with E-state index in [2.05, 4.69) is 25.8 Å². The summed E-state index contributed by atoms with van der Waals surface area (Å²) in [6, 6.07) is 12.2. The lowest BCUT2D eigenvalue weighted by Crippen LogP contribution is -2.26. The molecule has 5 rings (SSSR count). The first-order valence-corrected chi connectivity index (χ1v) is 12.0. The number of amides is 2. The minimum Gasteiger partial charge on any atom is -0.379 e. The number of anilines is 4. The summed E-state index contributed by atoms with van der Waals surface area (Å²) in [5.74, 6) is -0.400. The molecule has 3 aromatic rings. The summed E-state index contributed by atoms with van der Waals surface area (Å²) < 4.78 is 28.7. The van der Waals surface area contributed by atoms with Crippen LogP contribution < -0.4 is 20.9 Å². The highest BCUT2D eigenvalue weighted by molar-refractivity contribution is 6.00. The SMILES string of the molecule is CNC(=O)c1ccc(-c2cc3c(cc2C(F)F)N(c2cccc4c2N[C@H](C)CC(=O)N4)CCC3)cn1. The number of fused-ring (bicyclic) bond motifs is 2. The van der Waals surface area contributed by atoms with Gasteiger partial charge in [-0.15, -0.1) is 0 Å². The molecule has 9 heteroatoms. The number of nitrogens with zero attached hydrogens (tertiary/aromatic N) is 2. The lowest BCUT2D eigenvalue weighted by atomic mass is 9.92. The summed E-state index contributed by atoms with van der Waals surface area (Å²) in [6.07, 6.45) is 0.708. The monoisotopic (exact) mass is 491 g/mol. The Morgan fingerprint density at radius 3 is 2.75 bits per heavy atom. The van der Waals surface area contributed by atoms with Gasteiger partial charge in [0.05, 0.1) is 17.1 Å². The summed E-state index contributed by atoms with van der Waals surface area (Å²) in [4.78, 5) is 30.3. The number of rotatable bonds is 4. The molecule has 0 spiro atoms. The van der Waals surface area contributed by atoms with E-state index >= 15 is 0 Å². The minimum atomic E-state index is -2.70. The number of pyridine rings is 1. The van der Waals surface area contributed by atoms with Crippen molar-refractivity contribution in [3.63, 3.8) is 0 Å². The molecular formula is C27H27F2N5O2. The number of benzene rings is 2. The number of hydrogen-bond donors (Lipinski definition) is 3. The second-order valence-electron chi connectivity index (χ2n) is 9.13. The van der Waals surface area contributed by atoms with Crippen molar-refractivity contribution in [2.45, 2.75) is 38.7 Å². The van der Waals surface area contributed by atoms with E-state index in [-0.39, 0.29) is 29.1 Å². The van der Waals surface area contributed by atoms with E-state index in [4.69, 9.17) is 0 Å². The molecule has 0 saturated carbocycles. The number of carbonyl (C=O) groups is 2. The van der Waals surface area contributed by atoms with Crippen LogP contribution in [-0.4, -0.2) is 36.4 Å². The quantitative estimate of drug-likeness (QED) is 0.463. The Labute approximate surface area is 207 Å². The molecule has 0 aliphatic carbocycles. The Morgan fingerprint density at radius 1 is 1.19 bits per heavy atom. The molecule has 1 atom stereocenters. The Kier molecular flexibility index (Phi) is 6.30. The van der Waals surface area contributed by atoms with E-state index in [0.717, 1.165) is 35.5 Å². The minimum absolute atomic E-state index is 0.0642. The molecule has 0 fully saturated rings. The van der Waals surface area contributed by atoms with Gasteiger partial charge in [0.2, 0.25) is 5.91 Å². The molecule has 0 unspecified atom stereocenters. The van der Waals surface area contributed by atoms with Gasteiger partial charge < -0.3 is 20.9 Å². The lowest BCUT2D eigenvalue weighted by molar-refractivity contribution is -0.116. The van der Waals surface area contributed by atoms with Crippen LogP contribution in [-0.2, 0) is 11.2 Å². The van der Waals surface area contributed by atoms with Gasteiger partial charge in [0.25, 0.3) is 12.3 Å². The second kappa shape index (κ2) is 9.56. The van der Waals surface area contributed by atoms with Gasteiger partial charge in [0.1, 0.15) is 5.69 Å². The van der Waals surface area contributed by atoms with E-state index in [0.29, 0.717) is 29.8 Å². The average molecular weight is 492 g/mol. The van der Waals surface area contributed by atoms with Crippen molar-refractivity contribution in [1.82, 2.24) is 10.3 Å². The zero-order valence-electron chi connectivity index (χ0n) is 20.1. The predicted octanol–water partition coefficient (Wildman–Crippen LogP) is 5.27. The topological polar surface area (TPSA) is 86.4 Å². The predicted molar refractivity (Wildman–Crippen MR) is 136 cm³/mol. The third-order valence-corrected chi connectivity index (χ3v) is 6.63. The molecule has 0 saturated heterocycles. The molecule has 36 heavy (non-hydrogen) atoms. The molecule has 0 radical (unpaired) electrons. The molecule has 1 aromatic heterocycles. The van der Waals surface area contributed by atoms with Crippen molar-refractivity contribution in [3.8, 4) is 11.1 Å². The van der Waals surface area contributed by atoms with Gasteiger partial charge in [-0.05, 0) is 61.2 Å². The number of hydrogen-bond acceptors (Lipinski definition) is 5. The van der Waals surface area contributed by atoms with Gasteiger partial charge in [-0.2, -0.15) is 0 Å². The Bertz CT molecular complexity index is 1330. The van der Waals surface area contributed by atoms with Crippen molar-refractivity contribution < 1.29 is 18.4 Å².